The lowest BCUT2D eigenvalue weighted by Crippen LogP contribution is -2.76. The van der Waals surface area contributed by atoms with Gasteiger partial charge >= 0.3 is 5.97 Å². The van der Waals surface area contributed by atoms with E-state index in [-0.39, 0.29) is 24.7 Å². The average molecular weight is 313 g/mol. The molecule has 2 unspecified atom stereocenters. The van der Waals surface area contributed by atoms with E-state index in [1.165, 1.54) is 0 Å². The van der Waals surface area contributed by atoms with E-state index in [0.717, 1.165) is 25.7 Å². The van der Waals surface area contributed by atoms with Gasteiger partial charge in [-0.15, -0.1) is 0 Å². The van der Waals surface area contributed by atoms with Crippen LogP contribution in [0.25, 0.3) is 0 Å². The SMILES string of the molecule is CCOC1CC(NC(=O)COC2CCCC2)(C(=O)O)C1(C)C. The molecule has 2 aliphatic carbocycles. The number of rotatable bonds is 7. The quantitative estimate of drug-likeness (QED) is 0.747. The van der Waals surface area contributed by atoms with Gasteiger partial charge in [0.1, 0.15) is 12.1 Å². The normalized spacial score (nSPS) is 30.8. The lowest BCUT2D eigenvalue weighted by atomic mass is 9.54. The zero-order valence-electron chi connectivity index (χ0n) is 13.7. The smallest absolute Gasteiger partial charge is 0.330 e. The van der Waals surface area contributed by atoms with Gasteiger partial charge in [-0.3, -0.25) is 4.79 Å². The third kappa shape index (κ3) is 2.99. The molecule has 2 saturated carbocycles. The second-order valence-corrected chi connectivity index (χ2v) is 6.85. The number of carboxylic acids is 1. The molecule has 22 heavy (non-hydrogen) atoms. The first kappa shape index (κ1) is 17.2. The molecule has 0 radical (unpaired) electrons. The number of carbonyl (C=O) groups is 2. The van der Waals surface area contributed by atoms with Crippen LogP contribution in [0.3, 0.4) is 0 Å². The van der Waals surface area contributed by atoms with Crippen LogP contribution >= 0.6 is 0 Å². The number of aliphatic carboxylic acids is 1. The molecule has 0 aromatic carbocycles. The van der Waals surface area contributed by atoms with Gasteiger partial charge in [0, 0.05) is 18.4 Å². The van der Waals surface area contributed by atoms with Crippen LogP contribution in [-0.2, 0) is 19.1 Å². The fraction of sp³-hybridized carbons (Fsp3) is 0.875. The van der Waals surface area contributed by atoms with E-state index < -0.39 is 16.9 Å². The maximum absolute atomic E-state index is 12.1. The molecule has 0 bridgehead atoms. The molecule has 2 fully saturated rings. The molecular weight excluding hydrogens is 286 g/mol. The van der Waals surface area contributed by atoms with Crippen molar-refractivity contribution in [2.24, 2.45) is 5.41 Å². The molecule has 6 nitrogen and oxygen atoms in total. The van der Waals surface area contributed by atoms with Crippen molar-refractivity contribution < 1.29 is 24.2 Å². The molecule has 2 rings (SSSR count). The maximum Gasteiger partial charge on any atom is 0.330 e. The van der Waals surface area contributed by atoms with Crippen molar-refractivity contribution in [3.8, 4) is 0 Å². The summed E-state index contributed by atoms with van der Waals surface area (Å²) < 4.78 is 11.1. The molecule has 0 aromatic rings. The Balaban J connectivity index is 1.94. The van der Waals surface area contributed by atoms with Crippen molar-refractivity contribution in [1.82, 2.24) is 5.32 Å². The maximum atomic E-state index is 12.1. The first-order valence-electron chi connectivity index (χ1n) is 8.11. The van der Waals surface area contributed by atoms with Crippen molar-refractivity contribution in [3.63, 3.8) is 0 Å². The first-order valence-corrected chi connectivity index (χ1v) is 8.11. The Morgan fingerprint density at radius 2 is 1.86 bits per heavy atom. The molecule has 6 heteroatoms. The number of hydrogen-bond donors (Lipinski definition) is 2. The lowest BCUT2D eigenvalue weighted by Gasteiger charge is -2.58. The summed E-state index contributed by atoms with van der Waals surface area (Å²) in [4.78, 5) is 23.9. The minimum atomic E-state index is -1.27. The summed E-state index contributed by atoms with van der Waals surface area (Å²) in [5, 5.41) is 12.3. The Kier molecular flexibility index (Phi) is 5.12. The highest BCUT2D eigenvalue weighted by Gasteiger charge is 2.66. The minimum Gasteiger partial charge on any atom is -0.479 e. The lowest BCUT2D eigenvalue weighted by molar-refractivity contribution is -0.195. The Bertz CT molecular complexity index is 430. The number of nitrogens with one attached hydrogen (secondary N) is 1. The van der Waals surface area contributed by atoms with Crippen molar-refractivity contribution in [3.05, 3.63) is 0 Å². The summed E-state index contributed by atoms with van der Waals surface area (Å²) in [5.41, 5.74) is -1.93. The van der Waals surface area contributed by atoms with E-state index in [9.17, 15) is 14.7 Å². The number of ether oxygens (including phenoxy) is 2. The Morgan fingerprint density at radius 1 is 1.23 bits per heavy atom. The van der Waals surface area contributed by atoms with Gasteiger partial charge in [-0.25, -0.2) is 4.79 Å². The van der Waals surface area contributed by atoms with Crippen molar-refractivity contribution in [2.45, 2.75) is 70.6 Å². The van der Waals surface area contributed by atoms with Crippen LogP contribution < -0.4 is 5.32 Å². The summed E-state index contributed by atoms with van der Waals surface area (Å²) in [6, 6.07) is 0. The summed E-state index contributed by atoms with van der Waals surface area (Å²) in [5.74, 6) is -1.38. The van der Waals surface area contributed by atoms with Crippen LogP contribution in [0.2, 0.25) is 0 Å². The molecule has 0 spiro atoms. The Labute approximate surface area is 131 Å². The topological polar surface area (TPSA) is 84.9 Å². The van der Waals surface area contributed by atoms with Crippen molar-refractivity contribution in [2.75, 3.05) is 13.2 Å². The number of carboxylic acid groups (broad SMARTS) is 1. The number of carbonyl (C=O) groups excluding carboxylic acids is 1. The van der Waals surface area contributed by atoms with Gasteiger partial charge in [0.05, 0.1) is 12.2 Å². The zero-order valence-corrected chi connectivity index (χ0v) is 13.7. The Hall–Kier alpha value is -1.14. The third-order valence-corrected chi connectivity index (χ3v) is 5.23. The molecule has 0 saturated heterocycles. The Morgan fingerprint density at radius 3 is 2.36 bits per heavy atom. The van der Waals surface area contributed by atoms with E-state index in [1.54, 1.807) is 0 Å². The van der Waals surface area contributed by atoms with Gasteiger partial charge in [-0.05, 0) is 19.8 Å². The van der Waals surface area contributed by atoms with E-state index in [0.29, 0.717) is 13.0 Å². The molecule has 0 heterocycles. The molecule has 126 valence electrons. The third-order valence-electron chi connectivity index (χ3n) is 5.23. The van der Waals surface area contributed by atoms with Gasteiger partial charge < -0.3 is 19.9 Å². The van der Waals surface area contributed by atoms with Crippen molar-refractivity contribution >= 4 is 11.9 Å². The minimum absolute atomic E-state index is 0.0743. The number of hydrogen-bond acceptors (Lipinski definition) is 4. The first-order chi connectivity index (χ1) is 10.3. The molecular formula is C16H27NO5. The molecule has 0 aliphatic heterocycles. The van der Waals surface area contributed by atoms with Crippen molar-refractivity contribution in [1.29, 1.82) is 0 Å². The predicted molar refractivity (Wildman–Crippen MR) is 80.5 cm³/mol. The van der Waals surface area contributed by atoms with E-state index in [1.807, 2.05) is 20.8 Å². The summed E-state index contributed by atoms with van der Waals surface area (Å²) in [7, 11) is 0. The van der Waals surface area contributed by atoms with Crippen LogP contribution in [-0.4, -0.2) is 47.9 Å². The highest BCUT2D eigenvalue weighted by molar-refractivity contribution is 5.89. The second kappa shape index (κ2) is 6.54. The number of amides is 1. The summed E-state index contributed by atoms with van der Waals surface area (Å²) >= 11 is 0. The monoisotopic (exact) mass is 313 g/mol. The highest BCUT2D eigenvalue weighted by atomic mass is 16.5. The van der Waals surface area contributed by atoms with Crippen LogP contribution in [0.4, 0.5) is 0 Å². The van der Waals surface area contributed by atoms with Gasteiger partial charge in [0.2, 0.25) is 5.91 Å². The van der Waals surface area contributed by atoms with Gasteiger partial charge in [-0.2, -0.15) is 0 Å². The van der Waals surface area contributed by atoms with E-state index in [4.69, 9.17) is 9.47 Å². The van der Waals surface area contributed by atoms with Crippen LogP contribution in [0.5, 0.6) is 0 Å². The predicted octanol–water partition coefficient (Wildman–Crippen LogP) is 1.72. The van der Waals surface area contributed by atoms with Gasteiger partial charge in [0.25, 0.3) is 0 Å². The average Bonchev–Trinajstić information content (AvgIpc) is 2.96. The van der Waals surface area contributed by atoms with Crippen LogP contribution in [0.1, 0.15) is 52.9 Å². The fourth-order valence-electron chi connectivity index (χ4n) is 3.56. The summed E-state index contributed by atoms with van der Waals surface area (Å²) in [6.07, 6.45) is 4.49. The molecule has 1 amide bonds. The molecule has 2 N–H and O–H groups in total. The van der Waals surface area contributed by atoms with Gasteiger partial charge in [-0.1, -0.05) is 26.7 Å². The molecule has 0 aromatic heterocycles. The standard InChI is InChI=1S/C16H27NO5/c1-4-21-12-9-16(14(19)20,15(12,2)3)17-13(18)10-22-11-7-5-6-8-11/h11-12H,4-10H2,1-3H3,(H,17,18)(H,19,20). The highest BCUT2D eigenvalue weighted by Crippen LogP contribution is 2.51. The second-order valence-electron chi connectivity index (χ2n) is 6.85. The zero-order chi connectivity index (χ0) is 16.4. The van der Waals surface area contributed by atoms with Gasteiger partial charge in [0.15, 0.2) is 0 Å². The molecule has 2 aliphatic rings. The van der Waals surface area contributed by atoms with Crippen LogP contribution in [0.15, 0.2) is 0 Å². The summed E-state index contributed by atoms with van der Waals surface area (Å²) in [6.45, 7) is 5.98. The van der Waals surface area contributed by atoms with E-state index in [2.05, 4.69) is 5.32 Å². The van der Waals surface area contributed by atoms with E-state index >= 15 is 0 Å². The molecule has 2 atom stereocenters. The fourth-order valence-corrected chi connectivity index (χ4v) is 3.56. The largest absolute Gasteiger partial charge is 0.479 e. The van der Waals surface area contributed by atoms with Crippen LogP contribution in [0, 0.1) is 5.41 Å².